The fourth-order valence-electron chi connectivity index (χ4n) is 12.7. The second-order valence-corrected chi connectivity index (χ2v) is 20.8. The van der Waals surface area contributed by atoms with Gasteiger partial charge in [0.1, 0.15) is 11.2 Å². The Bertz CT molecular complexity index is 4990. The minimum absolute atomic E-state index is 0.258. The van der Waals surface area contributed by atoms with Crippen LogP contribution in [0.5, 0.6) is 0 Å². The van der Waals surface area contributed by atoms with Crippen LogP contribution in [0, 0.1) is 59.4 Å². The predicted molar refractivity (Wildman–Crippen MR) is 310 cm³/mol. The average Bonchev–Trinajstić information content (AvgIpc) is 4.31. The summed E-state index contributed by atoms with van der Waals surface area (Å²) in [5.74, 6) is 0. The Hall–Kier alpha value is -9.82. The summed E-state index contributed by atoms with van der Waals surface area (Å²) in [7, 11) is 0. The number of fused-ring (bicyclic) bond motifs is 15. The van der Waals surface area contributed by atoms with Crippen molar-refractivity contribution >= 4 is 115 Å². The third kappa shape index (κ3) is 5.84. The fourth-order valence-corrected chi connectivity index (χ4v) is 12.7. The molecule has 0 saturated carbocycles. The number of aryl methyl sites for hydroxylation is 6. The average molecular weight is 963 g/mol. The van der Waals surface area contributed by atoms with Crippen molar-refractivity contribution in [2.24, 2.45) is 0 Å². The number of aromatic nitrogens is 4. The quantitative estimate of drug-likeness (QED) is 0.165. The summed E-state index contributed by atoms with van der Waals surface area (Å²) < 4.78 is 16.0. The first-order chi connectivity index (χ1) is 36.6. The second kappa shape index (κ2) is 15.4. The SMILES string of the molecule is [C-]#[N+]c1c(C#N)c(-n2c3ccccc3c3cc4oc5ccccc5c4cc32)c(-n2c3ccc(C)cc3c3cc(C)ccc32)c(-n2c3ccc(C)cc3c3cc(C)ccc32)c1-n1c2ccc(C)cc2c2cc(C)ccc21. The lowest BCUT2D eigenvalue weighted by atomic mass is 10.0. The molecule has 15 aromatic rings. The molecule has 354 valence electrons. The number of rotatable bonds is 4. The normalized spacial score (nSPS) is 12.1. The molecule has 0 bridgehead atoms. The van der Waals surface area contributed by atoms with Gasteiger partial charge in [-0.25, -0.2) is 4.85 Å². The Morgan fingerprint density at radius 1 is 0.347 bits per heavy atom. The molecular weight excluding hydrogens is 917 g/mol. The maximum Gasteiger partial charge on any atom is 0.232 e. The van der Waals surface area contributed by atoms with E-state index >= 15 is 0 Å². The topological polar surface area (TPSA) is 61.0 Å². The van der Waals surface area contributed by atoms with Crippen LogP contribution in [0.15, 0.2) is 174 Å². The molecule has 0 fully saturated rings. The van der Waals surface area contributed by atoms with Crippen molar-refractivity contribution < 1.29 is 4.42 Å². The molecule has 15 rings (SSSR count). The maximum atomic E-state index is 12.4. The molecule has 0 radical (unpaired) electrons. The third-order valence-electron chi connectivity index (χ3n) is 15.9. The molecule has 0 N–H and O–H groups in total. The van der Waals surface area contributed by atoms with Gasteiger partial charge in [-0.05, 0) is 139 Å². The monoisotopic (exact) mass is 962 g/mol. The summed E-state index contributed by atoms with van der Waals surface area (Å²) in [6, 6.07) is 63.9. The van der Waals surface area contributed by atoms with E-state index in [-0.39, 0.29) is 11.3 Å². The van der Waals surface area contributed by atoms with E-state index in [9.17, 15) is 11.8 Å². The van der Waals surface area contributed by atoms with Crippen LogP contribution >= 0.6 is 0 Å². The molecule has 7 heteroatoms. The van der Waals surface area contributed by atoms with Gasteiger partial charge in [-0.15, -0.1) is 0 Å². The van der Waals surface area contributed by atoms with Crippen molar-refractivity contribution in [2.45, 2.75) is 41.5 Å². The highest BCUT2D eigenvalue weighted by Gasteiger charge is 2.35. The van der Waals surface area contributed by atoms with Crippen molar-refractivity contribution in [2.75, 3.05) is 0 Å². The molecule has 0 saturated heterocycles. The van der Waals surface area contributed by atoms with Crippen LogP contribution in [0.2, 0.25) is 0 Å². The molecule has 0 unspecified atom stereocenters. The first-order valence-electron chi connectivity index (χ1n) is 25.5. The lowest BCUT2D eigenvalue weighted by Crippen LogP contribution is -2.15. The second-order valence-electron chi connectivity index (χ2n) is 20.8. The number of para-hydroxylation sites is 2. The minimum Gasteiger partial charge on any atom is -0.456 e. The van der Waals surface area contributed by atoms with Crippen LogP contribution in [0.3, 0.4) is 0 Å². The van der Waals surface area contributed by atoms with Gasteiger partial charge in [0.15, 0.2) is 0 Å². The van der Waals surface area contributed by atoms with Crippen LogP contribution in [0.1, 0.15) is 38.9 Å². The summed E-state index contributed by atoms with van der Waals surface area (Å²) in [6.07, 6.45) is 0. The zero-order chi connectivity index (χ0) is 50.7. The van der Waals surface area contributed by atoms with Crippen LogP contribution in [0.25, 0.3) is 137 Å². The van der Waals surface area contributed by atoms with Crippen molar-refractivity contribution in [3.8, 4) is 28.8 Å². The zero-order valence-corrected chi connectivity index (χ0v) is 42.3. The summed E-state index contributed by atoms with van der Waals surface area (Å²) in [6.45, 7) is 22.5. The van der Waals surface area contributed by atoms with Gasteiger partial charge in [-0.1, -0.05) is 106 Å². The lowest BCUT2D eigenvalue weighted by Gasteiger charge is -2.28. The largest absolute Gasteiger partial charge is 0.456 e. The first kappa shape index (κ1) is 42.8. The standard InChI is InChI=1S/C68H46N6O/c1-37-16-22-55-45(28-37)46-29-38(2)17-23-56(46)71(55)66-64(70-7)53(36-69)65(74-54-14-10-8-12-43(54)51-35-63-52(34-61(51)74)44-13-9-11-15-62(44)75-63)67(72-57-24-18-39(3)30-47(57)48-31-40(4)19-25-58(48)72)68(66)73-59-26-20-41(5)32-49(59)50-33-42(6)21-27-60(50)73/h8-35H,1-6H3. The van der Waals surface area contributed by atoms with E-state index in [1.807, 2.05) is 18.2 Å². The number of hydrogen-bond acceptors (Lipinski definition) is 2. The van der Waals surface area contributed by atoms with E-state index in [0.717, 1.165) is 154 Å². The first-order valence-corrected chi connectivity index (χ1v) is 25.5. The summed E-state index contributed by atoms with van der Waals surface area (Å²) in [5, 5.41) is 22.9. The lowest BCUT2D eigenvalue weighted by molar-refractivity contribution is 0.669. The molecule has 7 nitrogen and oxygen atoms in total. The van der Waals surface area contributed by atoms with Gasteiger partial charge in [-0.2, -0.15) is 5.26 Å². The number of benzene rings is 10. The highest BCUT2D eigenvalue weighted by atomic mass is 16.3. The Morgan fingerprint density at radius 3 is 1.15 bits per heavy atom. The van der Waals surface area contributed by atoms with Crippen molar-refractivity contribution in [1.82, 2.24) is 18.3 Å². The van der Waals surface area contributed by atoms with Gasteiger partial charge in [0.2, 0.25) is 5.69 Å². The van der Waals surface area contributed by atoms with E-state index < -0.39 is 0 Å². The van der Waals surface area contributed by atoms with Gasteiger partial charge < -0.3 is 22.7 Å². The molecule has 0 amide bonds. The fraction of sp³-hybridized carbons (Fsp3) is 0.0882. The number of nitriles is 1. The number of nitrogens with zero attached hydrogens (tertiary/aromatic N) is 6. The van der Waals surface area contributed by atoms with Gasteiger partial charge >= 0.3 is 0 Å². The Morgan fingerprint density at radius 2 is 0.707 bits per heavy atom. The van der Waals surface area contributed by atoms with Crippen LogP contribution < -0.4 is 0 Å². The van der Waals surface area contributed by atoms with Gasteiger partial charge in [0.05, 0.1) is 85.1 Å². The van der Waals surface area contributed by atoms with Crippen LogP contribution in [-0.2, 0) is 0 Å². The van der Waals surface area contributed by atoms with E-state index in [4.69, 9.17) is 4.42 Å². The third-order valence-corrected chi connectivity index (χ3v) is 15.9. The van der Waals surface area contributed by atoms with E-state index in [0.29, 0.717) is 11.4 Å². The molecule has 0 spiro atoms. The summed E-state index contributed by atoms with van der Waals surface area (Å²) >= 11 is 0. The Balaban J connectivity index is 1.29. The summed E-state index contributed by atoms with van der Waals surface area (Å²) in [4.78, 5) is 4.64. The Kier molecular flexibility index (Phi) is 8.77. The van der Waals surface area contributed by atoms with Crippen molar-refractivity contribution in [1.29, 1.82) is 5.26 Å². The minimum atomic E-state index is 0.258. The molecule has 5 aromatic heterocycles. The van der Waals surface area contributed by atoms with Crippen molar-refractivity contribution in [3.05, 3.63) is 220 Å². The van der Waals surface area contributed by atoms with Gasteiger partial charge in [-0.3, -0.25) is 0 Å². The number of furan rings is 1. The molecule has 0 aliphatic carbocycles. The number of hydrogen-bond donors (Lipinski definition) is 0. The van der Waals surface area contributed by atoms with Crippen LogP contribution in [-0.4, -0.2) is 18.3 Å². The molecule has 5 heterocycles. The predicted octanol–water partition coefficient (Wildman–Crippen LogP) is 18.2. The molecule has 75 heavy (non-hydrogen) atoms. The van der Waals surface area contributed by atoms with Crippen LogP contribution in [0.4, 0.5) is 5.69 Å². The Labute approximate surface area is 431 Å². The zero-order valence-electron chi connectivity index (χ0n) is 42.3. The van der Waals surface area contributed by atoms with Gasteiger partial charge in [0, 0.05) is 53.9 Å². The maximum absolute atomic E-state index is 12.4. The highest BCUT2D eigenvalue weighted by molar-refractivity contribution is 6.20. The molecule has 10 aromatic carbocycles. The molecular formula is C68H46N6O. The van der Waals surface area contributed by atoms with Crippen molar-refractivity contribution in [3.63, 3.8) is 0 Å². The van der Waals surface area contributed by atoms with Gasteiger partial charge in [0.25, 0.3) is 0 Å². The van der Waals surface area contributed by atoms with E-state index in [1.54, 1.807) is 0 Å². The van der Waals surface area contributed by atoms with E-state index in [1.165, 1.54) is 0 Å². The van der Waals surface area contributed by atoms with E-state index in [2.05, 4.69) is 222 Å². The smallest absolute Gasteiger partial charge is 0.232 e. The highest BCUT2D eigenvalue weighted by Crippen LogP contribution is 2.52. The molecule has 0 aliphatic heterocycles. The summed E-state index contributed by atoms with van der Waals surface area (Å²) in [5.41, 5.74) is 19.4. The molecule has 0 aliphatic rings. The molecule has 0 atom stereocenters.